The number of nitro benzene ring substituents is 1. The monoisotopic (exact) mass is 616 g/mol. The van der Waals surface area contributed by atoms with E-state index in [-0.39, 0.29) is 41.4 Å². The van der Waals surface area contributed by atoms with E-state index < -0.39 is 38.2 Å². The summed E-state index contributed by atoms with van der Waals surface area (Å²) < 4.78 is 17.3. The third kappa shape index (κ3) is 6.26. The van der Waals surface area contributed by atoms with Gasteiger partial charge in [0, 0.05) is 0 Å². The number of carbonyl (C=O) groups excluding carboxylic acids is 1. The molecule has 1 unspecified atom stereocenters. The molecular weight excluding hydrogens is 586 g/mol. The summed E-state index contributed by atoms with van der Waals surface area (Å²) in [6.45, 7) is 10.6. The molecule has 1 fully saturated rings. The van der Waals surface area contributed by atoms with Crippen molar-refractivity contribution in [2.75, 3.05) is 20.3 Å². The number of halogens is 1. The molecule has 0 aliphatic carbocycles. The number of ether oxygens (including phenoxy) is 1. The van der Waals surface area contributed by atoms with Crippen LogP contribution in [0.15, 0.2) is 12.1 Å². The maximum atomic E-state index is 13.4. The molecule has 1 heterocycles. The average molecular weight is 616 g/mol. The fraction of sp³-hybridized carbons (Fsp3) is 0.632. The number of benzene rings is 1. The molecule has 1 aliphatic heterocycles. The topological polar surface area (TPSA) is 111 Å². The van der Waals surface area contributed by atoms with Crippen LogP contribution in [0.1, 0.15) is 37.6 Å². The first-order valence-electron chi connectivity index (χ1n) is 10.0. The summed E-state index contributed by atoms with van der Waals surface area (Å²) in [7, 11) is 2.32. The van der Waals surface area contributed by atoms with Crippen LogP contribution in [-0.2, 0) is 4.43 Å². The summed E-state index contributed by atoms with van der Waals surface area (Å²) in [4.78, 5) is 26.0. The molecule has 0 bridgehead atoms. The molecule has 1 aromatic carbocycles. The van der Waals surface area contributed by atoms with Crippen molar-refractivity contribution in [3.8, 4) is 11.5 Å². The van der Waals surface area contributed by atoms with Gasteiger partial charge in [-0.2, -0.15) is 0 Å². The van der Waals surface area contributed by atoms with Gasteiger partial charge in [0.1, 0.15) is 0 Å². The van der Waals surface area contributed by atoms with Crippen LogP contribution in [0, 0.1) is 10.1 Å². The second kappa shape index (κ2) is 10.7. The third-order valence-corrected chi connectivity index (χ3v) is 11.7. The van der Waals surface area contributed by atoms with Crippen LogP contribution in [0.4, 0.5) is 5.69 Å². The van der Waals surface area contributed by atoms with Crippen LogP contribution in [0.2, 0.25) is 18.1 Å². The SMILES string of the molecule is COc1cc(C(=O)N2C[C@H](O[Si](C)(C)C(C)(C)C)C[C@H]2CO)c([N+](=O)[O-])cc1O[SH](#P)I. The molecule has 1 aliphatic rings. The second-order valence-electron chi connectivity index (χ2n) is 9.12. The van der Waals surface area contributed by atoms with Crippen molar-refractivity contribution in [1.29, 1.82) is 0 Å². The molecule has 0 saturated carbocycles. The number of aliphatic hydroxyl groups excluding tert-OH is 1. The van der Waals surface area contributed by atoms with Gasteiger partial charge in [0.05, 0.1) is 0 Å². The van der Waals surface area contributed by atoms with Crippen LogP contribution >= 0.6 is 36.3 Å². The van der Waals surface area contributed by atoms with E-state index in [2.05, 4.69) is 41.7 Å². The Morgan fingerprint density at radius 1 is 1.41 bits per heavy atom. The van der Waals surface area contributed by atoms with E-state index in [1.54, 1.807) is 0 Å². The van der Waals surface area contributed by atoms with Gasteiger partial charge in [0.25, 0.3) is 0 Å². The minimum absolute atomic E-state index is 0.00776. The maximum absolute atomic E-state index is 13.4. The van der Waals surface area contributed by atoms with Crippen molar-refractivity contribution in [2.45, 2.75) is 57.5 Å². The molecule has 0 radical (unpaired) electrons. The van der Waals surface area contributed by atoms with Crippen molar-refractivity contribution in [2.24, 2.45) is 0 Å². The van der Waals surface area contributed by atoms with E-state index in [0.29, 0.717) is 6.42 Å². The van der Waals surface area contributed by atoms with E-state index >= 15 is 0 Å². The van der Waals surface area contributed by atoms with Gasteiger partial charge in [-0.15, -0.1) is 0 Å². The van der Waals surface area contributed by atoms with Crippen LogP contribution in [0.25, 0.3) is 0 Å². The molecular formula is C19H30IN2O7PSSi. The Labute approximate surface area is 205 Å². The number of amides is 1. The zero-order valence-electron chi connectivity index (χ0n) is 19.0. The fourth-order valence-corrected chi connectivity index (χ4v) is 5.88. The standard InChI is InChI=1S/C19H30IN2O7PSSi/c1-19(2,3)32(5,6)29-13-7-12(11-23)21(10-13)18(24)14-8-16(27-4)17(28-31(20)30)9-15(14)22(25)26/h8-9,12-13,23,31H,7,10-11H2,1-6H3/t12-,13+/m0/s1. The summed E-state index contributed by atoms with van der Waals surface area (Å²) in [5.74, 6) is -0.207. The molecule has 32 heavy (non-hydrogen) atoms. The van der Waals surface area contributed by atoms with Crippen molar-refractivity contribution in [3.05, 3.63) is 27.8 Å². The van der Waals surface area contributed by atoms with Crippen LogP contribution in [-0.4, -0.2) is 61.6 Å². The van der Waals surface area contributed by atoms with Crippen LogP contribution in [0.5, 0.6) is 11.5 Å². The van der Waals surface area contributed by atoms with Gasteiger partial charge >= 0.3 is 167 Å². The number of aliphatic hydroxyl groups is 1. The van der Waals surface area contributed by atoms with Crippen LogP contribution < -0.4 is 8.92 Å². The molecule has 13 heteroatoms. The average Bonchev–Trinajstić information content (AvgIpc) is 3.07. The summed E-state index contributed by atoms with van der Waals surface area (Å²) in [5, 5.41) is 21.6. The minimum atomic E-state index is -2.09. The molecule has 3 atom stereocenters. The van der Waals surface area contributed by atoms with Gasteiger partial charge < -0.3 is 0 Å². The molecule has 9 nitrogen and oxygen atoms in total. The Hall–Kier alpha value is -0.663. The molecule has 1 aromatic rings. The van der Waals surface area contributed by atoms with Gasteiger partial charge in [-0.3, -0.25) is 0 Å². The predicted octanol–water partition coefficient (Wildman–Crippen LogP) is 5.17. The first kappa shape index (κ1) is 27.6. The molecule has 1 N–H and O–H groups in total. The third-order valence-electron chi connectivity index (χ3n) is 6.00. The van der Waals surface area contributed by atoms with Crippen molar-refractivity contribution in [3.63, 3.8) is 0 Å². The number of carbonyl (C=O) groups is 1. The van der Waals surface area contributed by atoms with E-state index in [9.17, 15) is 20.0 Å². The fourth-order valence-electron chi connectivity index (χ4n) is 3.31. The number of nitro groups is 1. The quantitative estimate of drug-likeness (QED) is 0.109. The second-order valence-corrected chi connectivity index (χ2v) is 20.5. The summed E-state index contributed by atoms with van der Waals surface area (Å²) >= 11 is 1.95. The van der Waals surface area contributed by atoms with Crippen molar-refractivity contribution < 1.29 is 28.2 Å². The number of hydrogen-bond acceptors (Lipinski definition) is 7. The van der Waals surface area contributed by atoms with E-state index in [1.807, 2.05) is 21.2 Å². The van der Waals surface area contributed by atoms with Crippen molar-refractivity contribution >= 4 is 56.3 Å². The normalized spacial score (nSPS) is 20.2. The predicted molar refractivity (Wildman–Crippen MR) is 139 cm³/mol. The van der Waals surface area contributed by atoms with Gasteiger partial charge in [-0.1, -0.05) is 20.8 Å². The number of likely N-dealkylation sites (tertiary alicyclic amines) is 1. The Bertz CT molecular complexity index is 963. The molecule has 0 aromatic heterocycles. The molecule has 0 spiro atoms. The Kier molecular flexibility index (Phi) is 9.24. The first-order chi connectivity index (χ1) is 14.7. The molecule has 1 amide bonds. The number of rotatable bonds is 7. The van der Waals surface area contributed by atoms with Gasteiger partial charge in [-0.05, 0) is 18.1 Å². The summed E-state index contributed by atoms with van der Waals surface area (Å²) in [6.07, 6.45) is 0.229. The van der Waals surface area contributed by atoms with Crippen molar-refractivity contribution in [1.82, 2.24) is 4.90 Å². The number of nitrogens with zero attached hydrogens (tertiary/aromatic N) is 2. The van der Waals surface area contributed by atoms with E-state index in [0.717, 1.165) is 0 Å². The van der Waals surface area contributed by atoms with E-state index in [1.165, 1.54) is 24.1 Å². The molecule has 180 valence electrons. The number of hydrogen-bond donors (Lipinski definition) is 2. The van der Waals surface area contributed by atoms with Gasteiger partial charge in [-0.25, -0.2) is 0 Å². The Morgan fingerprint density at radius 2 is 2.03 bits per heavy atom. The Morgan fingerprint density at radius 3 is 2.50 bits per heavy atom. The van der Waals surface area contributed by atoms with E-state index in [4.69, 9.17) is 13.3 Å². The van der Waals surface area contributed by atoms with Gasteiger partial charge in [0.15, 0.2) is 0 Å². The first-order valence-corrected chi connectivity index (χ1v) is 18.1. The van der Waals surface area contributed by atoms with Gasteiger partial charge in [0.2, 0.25) is 0 Å². The zero-order valence-corrected chi connectivity index (χ0v) is 23.9. The molecule has 1 saturated heterocycles. The summed E-state index contributed by atoms with van der Waals surface area (Å²) in [5.41, 5.74) is -0.514. The van der Waals surface area contributed by atoms with Crippen LogP contribution in [0.3, 0.4) is 0 Å². The number of thiol groups is 1. The molecule has 2 rings (SSSR count). The summed E-state index contributed by atoms with van der Waals surface area (Å²) in [6, 6.07) is 2.01. The number of methoxy groups -OCH3 is 1. The zero-order chi connectivity index (χ0) is 24.4. The Balaban J connectivity index is 2.40.